The van der Waals surface area contributed by atoms with E-state index in [0.717, 1.165) is 70.5 Å². The molecule has 284 valence electrons. The number of halogens is 4. The van der Waals surface area contributed by atoms with Crippen molar-refractivity contribution in [3.63, 3.8) is 0 Å². The summed E-state index contributed by atoms with van der Waals surface area (Å²) in [4.78, 5) is 12.7. The van der Waals surface area contributed by atoms with Crippen molar-refractivity contribution in [2.45, 2.75) is 80.1 Å². The number of pyridine rings is 2. The molecule has 5 aromatic rings. The van der Waals surface area contributed by atoms with Gasteiger partial charge >= 0.3 is 248 Å². The third kappa shape index (κ3) is 11.7. The predicted molar refractivity (Wildman–Crippen MR) is 236 cm³/mol. The number of benzene rings is 3. The van der Waals surface area contributed by atoms with Crippen LogP contribution in [0.15, 0.2) is 113 Å². The Morgan fingerprint density at radius 1 is 0.585 bits per heavy atom. The van der Waals surface area contributed by atoms with E-state index < -0.39 is 11.9 Å². The molecule has 0 amide bonds. The van der Waals surface area contributed by atoms with Crippen molar-refractivity contribution in [1.82, 2.24) is 9.97 Å². The van der Waals surface area contributed by atoms with E-state index in [-0.39, 0.29) is 0 Å². The second kappa shape index (κ2) is 21.5. The summed E-state index contributed by atoms with van der Waals surface area (Å²) in [7, 11) is 15.3. The molecule has 0 radical (unpaired) electrons. The fraction of sp³-hybridized carbons (Fsp3) is 0.318. The van der Waals surface area contributed by atoms with Crippen molar-refractivity contribution in [1.29, 1.82) is 0 Å². The molecule has 1 saturated heterocycles. The van der Waals surface area contributed by atoms with E-state index in [1.807, 2.05) is 30.3 Å². The third-order valence-corrected chi connectivity index (χ3v) is 15.5. The van der Waals surface area contributed by atoms with Gasteiger partial charge < -0.3 is 0 Å². The van der Waals surface area contributed by atoms with E-state index in [4.69, 9.17) is 19.4 Å². The number of hydrogen-bond donors (Lipinski definition) is 0. The van der Waals surface area contributed by atoms with Gasteiger partial charge in [-0.2, -0.15) is 0 Å². The molecule has 0 atom stereocenters. The molecule has 0 spiro atoms. The standard InChI is InChI=1S/C27H38N2.C7H6.2C5H4BrN.2ClH.Ru/c1-7-20-15-22(9-3)26(23(10-4)16-20)28-13-14-29(19-28)27-24(11-5)17-21(8-2)18-25(27)12-6;1-7-5-3-2-4-6-7;2*6-5-2-1-3-7-4-5;;;/h15-18H,7-14H2,1-6H3;1-6H;2*1-4H;2*1H;/q;;;;;;+2/p-2. The number of hydrogen-bond acceptors (Lipinski definition) is 4. The Morgan fingerprint density at radius 2 is 0.981 bits per heavy atom. The summed E-state index contributed by atoms with van der Waals surface area (Å²) in [6.07, 6.45) is 13.0. The molecule has 0 saturated carbocycles. The maximum atomic E-state index is 7.63. The zero-order valence-corrected chi connectivity index (χ0v) is 38.1. The zero-order valence-electron chi connectivity index (χ0n) is 31.7. The van der Waals surface area contributed by atoms with Gasteiger partial charge in [-0.3, -0.25) is 9.97 Å². The Morgan fingerprint density at radius 3 is 1.26 bits per heavy atom. The van der Waals surface area contributed by atoms with Crippen LogP contribution < -0.4 is 9.80 Å². The first-order chi connectivity index (χ1) is 25.6. The summed E-state index contributed by atoms with van der Waals surface area (Å²) in [5.41, 5.74) is 12.1. The number of aromatic nitrogens is 2. The molecule has 1 fully saturated rings. The van der Waals surface area contributed by atoms with Crippen LogP contribution in [0, 0.1) is 0 Å². The van der Waals surface area contributed by atoms with Gasteiger partial charge in [0.05, 0.1) is 0 Å². The first kappa shape index (κ1) is 43.2. The fourth-order valence-corrected chi connectivity index (χ4v) is 13.0. The predicted octanol–water partition coefficient (Wildman–Crippen LogP) is 12.5. The van der Waals surface area contributed by atoms with Crippen LogP contribution in [0.4, 0.5) is 11.4 Å². The van der Waals surface area contributed by atoms with Gasteiger partial charge in [0, 0.05) is 33.7 Å². The Labute approximate surface area is 345 Å². The summed E-state index contributed by atoms with van der Waals surface area (Å²) >= 11 is 2.98. The normalized spacial score (nSPS) is 12.8. The second-order valence-corrected chi connectivity index (χ2v) is 23.6. The van der Waals surface area contributed by atoms with Crippen molar-refractivity contribution in [2.75, 3.05) is 22.9 Å². The van der Waals surface area contributed by atoms with Crippen molar-refractivity contribution >= 4 is 71.6 Å². The Balaban J connectivity index is 0.000000370. The van der Waals surface area contributed by atoms with E-state index in [1.54, 1.807) is 24.8 Å². The molecule has 53 heavy (non-hydrogen) atoms. The quantitative estimate of drug-likeness (QED) is 0.138. The van der Waals surface area contributed by atoms with Gasteiger partial charge in [-0.15, -0.1) is 0 Å². The van der Waals surface area contributed by atoms with Gasteiger partial charge in [-0.1, -0.05) is 0 Å². The van der Waals surface area contributed by atoms with E-state index in [0.29, 0.717) is 0 Å². The second-order valence-electron chi connectivity index (χ2n) is 12.5. The Kier molecular flexibility index (Phi) is 17.5. The van der Waals surface area contributed by atoms with Crippen LogP contribution in [0.1, 0.15) is 80.5 Å². The molecule has 1 aliphatic rings. The van der Waals surface area contributed by atoms with E-state index in [2.05, 4.69) is 146 Å². The first-order valence-electron chi connectivity index (χ1n) is 18.4. The number of aryl methyl sites for hydroxylation is 6. The molecule has 1 aliphatic heterocycles. The third-order valence-electron chi connectivity index (χ3n) is 9.02. The number of nitrogens with zero attached hydrogens (tertiary/aromatic N) is 4. The van der Waals surface area contributed by atoms with E-state index in [9.17, 15) is 0 Å². The maximum absolute atomic E-state index is 7.63. The van der Waals surface area contributed by atoms with Crippen LogP contribution in [0.5, 0.6) is 0 Å². The van der Waals surface area contributed by atoms with Gasteiger partial charge in [-0.25, -0.2) is 0 Å². The molecule has 2 aromatic heterocycles. The molecular weight excluding hydrogens is 916 g/mol. The van der Waals surface area contributed by atoms with Crippen molar-refractivity contribution in [2.24, 2.45) is 0 Å². The van der Waals surface area contributed by atoms with Crippen LogP contribution >= 0.6 is 51.2 Å². The molecule has 3 aromatic carbocycles. The minimum atomic E-state index is -3.52. The topological polar surface area (TPSA) is 32.3 Å². The Hall–Kier alpha value is -2.54. The molecule has 9 heteroatoms. The van der Waals surface area contributed by atoms with Crippen LogP contribution in [-0.2, 0) is 50.4 Å². The van der Waals surface area contributed by atoms with Crippen molar-refractivity contribution < 1.29 is 11.9 Å². The van der Waals surface area contributed by atoms with E-state index >= 15 is 0 Å². The summed E-state index contributed by atoms with van der Waals surface area (Å²) in [6.45, 7) is 15.3. The summed E-state index contributed by atoms with van der Waals surface area (Å²) in [5.74, 6) is 0. The number of anilines is 2. The van der Waals surface area contributed by atoms with E-state index in [1.165, 1.54) is 44.8 Å². The molecule has 0 unspecified atom stereocenters. The van der Waals surface area contributed by atoms with Crippen LogP contribution in [0.3, 0.4) is 0 Å². The Bertz CT molecular complexity index is 1860. The summed E-state index contributed by atoms with van der Waals surface area (Å²) in [6, 6.07) is 27.6. The van der Waals surface area contributed by atoms with Crippen LogP contribution in [-0.4, -0.2) is 32.0 Å². The SMILES string of the molecule is Brc1cccnc1.Brc1cccnc1.CCc1cc(CC)c(N2CCN(c3c(CC)cc(CC)cc3CC)[C]2=[Ru]([Cl])([Cl])=[CH]c2ccccc2)c(CC)c1. The molecule has 0 aliphatic carbocycles. The number of rotatable bonds is 9. The van der Waals surface area contributed by atoms with Gasteiger partial charge in [0.15, 0.2) is 0 Å². The molecule has 0 bridgehead atoms. The molecular formula is C44H52Br2Cl2N4Ru. The minimum absolute atomic E-state index is 0.882. The molecule has 0 N–H and O–H groups in total. The fourth-order valence-electron chi connectivity index (χ4n) is 6.42. The molecule has 3 heterocycles. The first-order valence-corrected chi connectivity index (χ1v) is 26.4. The van der Waals surface area contributed by atoms with Crippen molar-refractivity contribution in [3.8, 4) is 0 Å². The average Bonchev–Trinajstić information content (AvgIpc) is 3.63. The monoisotopic (exact) mass is 966 g/mol. The van der Waals surface area contributed by atoms with Gasteiger partial charge in [0.2, 0.25) is 0 Å². The van der Waals surface area contributed by atoms with Crippen LogP contribution in [0.25, 0.3) is 0 Å². The average molecular weight is 969 g/mol. The van der Waals surface area contributed by atoms with Gasteiger partial charge in [-0.05, 0) is 56.1 Å². The van der Waals surface area contributed by atoms with Gasteiger partial charge in [0.25, 0.3) is 0 Å². The van der Waals surface area contributed by atoms with Crippen molar-refractivity contribution in [3.05, 3.63) is 152 Å². The van der Waals surface area contributed by atoms with Gasteiger partial charge in [0.1, 0.15) is 0 Å². The molecule has 4 nitrogen and oxygen atoms in total. The molecule has 6 rings (SSSR count). The van der Waals surface area contributed by atoms with Crippen LogP contribution in [0.2, 0.25) is 0 Å². The zero-order chi connectivity index (χ0) is 38.4. The summed E-state index contributed by atoms with van der Waals surface area (Å²) in [5, 5.41) is 0. The summed E-state index contributed by atoms with van der Waals surface area (Å²) < 4.78 is 5.33.